The van der Waals surface area contributed by atoms with Crippen LogP contribution in [-0.2, 0) is 0 Å². The lowest BCUT2D eigenvalue weighted by molar-refractivity contribution is 0.174. The second-order valence-corrected chi connectivity index (χ2v) is 8.17. The van der Waals surface area contributed by atoms with Gasteiger partial charge in [-0.15, -0.1) is 0 Å². The second-order valence-electron chi connectivity index (χ2n) is 6.99. The SMILES string of the molecule is CCCCOc1ccc(-c2ccc(C#CC(F)(F)Sc3ccc(C)cc3)cc2)cc1. The van der Waals surface area contributed by atoms with Gasteiger partial charge in [0, 0.05) is 10.5 Å². The van der Waals surface area contributed by atoms with E-state index in [1.165, 1.54) is 0 Å². The number of alkyl halides is 2. The third kappa shape index (κ3) is 6.64. The average Bonchev–Trinajstić information content (AvgIpc) is 2.75. The smallest absolute Gasteiger partial charge is 0.361 e. The van der Waals surface area contributed by atoms with Gasteiger partial charge in [0.25, 0.3) is 0 Å². The van der Waals surface area contributed by atoms with Crippen molar-refractivity contribution in [3.05, 3.63) is 83.9 Å². The molecule has 0 amide bonds. The molecule has 0 aliphatic carbocycles. The van der Waals surface area contributed by atoms with Crippen LogP contribution in [0, 0.1) is 18.8 Å². The van der Waals surface area contributed by atoms with Gasteiger partial charge in [0.1, 0.15) is 5.75 Å². The predicted octanol–water partition coefficient (Wildman–Crippen LogP) is 7.58. The molecule has 0 radical (unpaired) electrons. The van der Waals surface area contributed by atoms with Gasteiger partial charge < -0.3 is 4.74 Å². The minimum atomic E-state index is -3.15. The highest BCUT2D eigenvalue weighted by atomic mass is 32.2. The van der Waals surface area contributed by atoms with Crippen molar-refractivity contribution >= 4 is 11.8 Å². The lowest BCUT2D eigenvalue weighted by atomic mass is 10.0. The summed E-state index contributed by atoms with van der Waals surface area (Å²) in [5, 5.41) is -3.15. The summed E-state index contributed by atoms with van der Waals surface area (Å²) in [6, 6.07) is 22.2. The molecule has 0 N–H and O–H groups in total. The molecule has 0 atom stereocenters. The molecule has 0 saturated heterocycles. The summed E-state index contributed by atoms with van der Waals surface area (Å²) in [5.41, 5.74) is 3.63. The Hall–Kier alpha value is -2.77. The third-order valence-electron chi connectivity index (χ3n) is 4.46. The van der Waals surface area contributed by atoms with Crippen molar-refractivity contribution in [3.63, 3.8) is 0 Å². The standard InChI is InChI=1S/C26H24F2OS/c1-3-4-19-29-24-13-11-23(12-14-24)22-9-7-21(8-10-22)17-18-26(27,28)30-25-15-5-20(2)6-16-25/h5-16H,3-4,19H2,1-2H3. The molecule has 3 aromatic rings. The minimum absolute atomic E-state index is 0.463. The lowest BCUT2D eigenvalue weighted by Gasteiger charge is -2.08. The highest BCUT2D eigenvalue weighted by Gasteiger charge is 2.27. The Kier molecular flexibility index (Phi) is 7.54. The molecule has 0 aliphatic rings. The first-order chi connectivity index (χ1) is 14.4. The van der Waals surface area contributed by atoms with Gasteiger partial charge in [-0.3, -0.25) is 0 Å². The first-order valence-electron chi connectivity index (χ1n) is 9.95. The first kappa shape index (κ1) is 21.9. The van der Waals surface area contributed by atoms with Gasteiger partial charge in [0.2, 0.25) is 0 Å². The zero-order chi connectivity index (χ0) is 21.4. The van der Waals surface area contributed by atoms with E-state index < -0.39 is 5.25 Å². The summed E-state index contributed by atoms with van der Waals surface area (Å²) in [6.45, 7) is 4.77. The van der Waals surface area contributed by atoms with Gasteiger partial charge in [-0.1, -0.05) is 61.2 Å². The summed E-state index contributed by atoms with van der Waals surface area (Å²) >= 11 is 0.463. The van der Waals surface area contributed by atoms with Crippen LogP contribution in [0.4, 0.5) is 8.78 Å². The molecule has 0 saturated carbocycles. The zero-order valence-electron chi connectivity index (χ0n) is 17.1. The number of ether oxygens (including phenoxy) is 1. The van der Waals surface area contributed by atoms with Gasteiger partial charge in [-0.25, -0.2) is 0 Å². The molecule has 1 nitrogen and oxygen atoms in total. The molecule has 4 heteroatoms. The molecule has 0 bridgehead atoms. The molecule has 3 rings (SSSR count). The van der Waals surface area contributed by atoms with Crippen molar-refractivity contribution in [1.82, 2.24) is 0 Å². The Morgan fingerprint density at radius 1 is 0.867 bits per heavy atom. The van der Waals surface area contributed by atoms with Crippen molar-refractivity contribution in [1.29, 1.82) is 0 Å². The molecule has 154 valence electrons. The average molecular weight is 423 g/mol. The summed E-state index contributed by atoms with van der Waals surface area (Å²) in [4.78, 5) is 0.498. The second kappa shape index (κ2) is 10.3. The summed E-state index contributed by atoms with van der Waals surface area (Å²) in [5.74, 6) is 5.53. The van der Waals surface area contributed by atoms with E-state index >= 15 is 0 Å². The first-order valence-corrected chi connectivity index (χ1v) is 10.8. The van der Waals surface area contributed by atoms with Crippen LogP contribution >= 0.6 is 11.8 Å². The van der Waals surface area contributed by atoms with Crippen molar-refractivity contribution in [2.75, 3.05) is 6.61 Å². The van der Waals surface area contributed by atoms with E-state index in [0.29, 0.717) is 22.2 Å². The maximum absolute atomic E-state index is 14.2. The normalized spacial score (nSPS) is 10.9. The van der Waals surface area contributed by atoms with Crippen LogP contribution in [0.15, 0.2) is 77.7 Å². The lowest BCUT2D eigenvalue weighted by Crippen LogP contribution is -2.06. The maximum Gasteiger partial charge on any atom is 0.361 e. The monoisotopic (exact) mass is 422 g/mol. The number of rotatable bonds is 7. The predicted molar refractivity (Wildman–Crippen MR) is 121 cm³/mol. The van der Waals surface area contributed by atoms with E-state index in [1.54, 1.807) is 24.3 Å². The number of hydrogen-bond acceptors (Lipinski definition) is 2. The van der Waals surface area contributed by atoms with Gasteiger partial charge >= 0.3 is 5.25 Å². The van der Waals surface area contributed by atoms with Crippen LogP contribution in [-0.4, -0.2) is 11.9 Å². The molecule has 0 unspecified atom stereocenters. The number of unbranched alkanes of at least 4 members (excludes halogenated alkanes) is 1. The zero-order valence-corrected chi connectivity index (χ0v) is 17.9. The largest absolute Gasteiger partial charge is 0.494 e. The fraction of sp³-hybridized carbons (Fsp3) is 0.231. The number of benzene rings is 3. The molecular weight excluding hydrogens is 398 g/mol. The van der Waals surface area contributed by atoms with Crippen LogP contribution in [0.25, 0.3) is 11.1 Å². The fourth-order valence-corrected chi connectivity index (χ4v) is 3.42. The van der Waals surface area contributed by atoms with E-state index in [9.17, 15) is 8.78 Å². The van der Waals surface area contributed by atoms with E-state index in [2.05, 4.69) is 18.8 Å². The van der Waals surface area contributed by atoms with Crippen LogP contribution in [0.1, 0.15) is 30.9 Å². The Labute approximate surface area is 181 Å². The van der Waals surface area contributed by atoms with Gasteiger partial charge in [-0.2, -0.15) is 8.78 Å². The molecule has 0 aromatic heterocycles. The van der Waals surface area contributed by atoms with Crippen LogP contribution in [0.3, 0.4) is 0 Å². The Morgan fingerprint density at radius 3 is 2.07 bits per heavy atom. The van der Waals surface area contributed by atoms with Crippen LogP contribution < -0.4 is 4.74 Å². The molecule has 3 aromatic carbocycles. The van der Waals surface area contributed by atoms with Crippen molar-refractivity contribution in [2.45, 2.75) is 36.8 Å². The van der Waals surface area contributed by atoms with E-state index in [4.69, 9.17) is 4.74 Å². The third-order valence-corrected chi connectivity index (χ3v) is 5.32. The van der Waals surface area contributed by atoms with E-state index in [1.807, 2.05) is 55.5 Å². The Balaban J connectivity index is 1.63. The van der Waals surface area contributed by atoms with Crippen LogP contribution in [0.5, 0.6) is 5.75 Å². The molecule has 30 heavy (non-hydrogen) atoms. The maximum atomic E-state index is 14.2. The van der Waals surface area contributed by atoms with Gasteiger partial charge in [-0.05, 0) is 78.6 Å². The molecule has 0 aliphatic heterocycles. The van der Waals surface area contributed by atoms with Gasteiger partial charge in [0.05, 0.1) is 6.61 Å². The van der Waals surface area contributed by atoms with E-state index in [0.717, 1.165) is 41.9 Å². The van der Waals surface area contributed by atoms with Crippen molar-refractivity contribution in [3.8, 4) is 28.7 Å². The highest BCUT2D eigenvalue weighted by Crippen LogP contribution is 2.35. The molecule has 0 fully saturated rings. The Morgan fingerprint density at radius 2 is 1.47 bits per heavy atom. The highest BCUT2D eigenvalue weighted by molar-refractivity contribution is 8.00. The number of aryl methyl sites for hydroxylation is 1. The van der Waals surface area contributed by atoms with E-state index in [-0.39, 0.29) is 0 Å². The summed E-state index contributed by atoms with van der Waals surface area (Å²) in [7, 11) is 0. The fourth-order valence-electron chi connectivity index (χ4n) is 2.75. The summed E-state index contributed by atoms with van der Waals surface area (Å²) in [6.07, 6.45) is 2.14. The quantitative estimate of drug-likeness (QED) is 0.220. The van der Waals surface area contributed by atoms with Crippen molar-refractivity contribution in [2.24, 2.45) is 0 Å². The van der Waals surface area contributed by atoms with Gasteiger partial charge in [0.15, 0.2) is 0 Å². The topological polar surface area (TPSA) is 9.23 Å². The van der Waals surface area contributed by atoms with Crippen LogP contribution in [0.2, 0.25) is 0 Å². The number of halogens is 2. The van der Waals surface area contributed by atoms with Crippen molar-refractivity contribution < 1.29 is 13.5 Å². The molecular formula is C26H24F2OS. The molecule has 0 heterocycles. The Bertz CT molecular complexity index is 998. The molecule has 0 spiro atoms. The number of hydrogen-bond donors (Lipinski definition) is 0. The minimum Gasteiger partial charge on any atom is -0.494 e. The summed E-state index contributed by atoms with van der Waals surface area (Å²) < 4.78 is 34.0. The number of thioether (sulfide) groups is 1.